The maximum absolute atomic E-state index is 13.2. The lowest BCUT2D eigenvalue weighted by Crippen LogP contribution is -2.48. The number of ether oxygens (including phenoxy) is 3. The molecule has 0 spiro atoms. The van der Waals surface area contributed by atoms with Gasteiger partial charge in [0.1, 0.15) is 6.61 Å². The van der Waals surface area contributed by atoms with E-state index in [4.69, 9.17) is 19.3 Å². The van der Waals surface area contributed by atoms with Crippen LogP contribution in [0.4, 0.5) is 4.79 Å². The number of esters is 1. The summed E-state index contributed by atoms with van der Waals surface area (Å²) in [5, 5.41) is 8.78. The largest absolute Gasteiger partial charge is 0.453 e. The van der Waals surface area contributed by atoms with Crippen molar-refractivity contribution in [1.82, 2.24) is 4.90 Å². The third-order valence-corrected chi connectivity index (χ3v) is 5.54. The van der Waals surface area contributed by atoms with Gasteiger partial charge in [-0.15, -0.1) is 0 Å². The van der Waals surface area contributed by atoms with E-state index >= 15 is 0 Å². The summed E-state index contributed by atoms with van der Waals surface area (Å²) in [6.07, 6.45) is 1.69. The number of carbonyl (C=O) groups is 5. The van der Waals surface area contributed by atoms with Crippen molar-refractivity contribution in [1.29, 1.82) is 0 Å². The van der Waals surface area contributed by atoms with Gasteiger partial charge in [-0.1, -0.05) is 43.2 Å². The molecule has 1 saturated heterocycles. The standard InChI is InChI=1S/C26H33NO9/c1-18(24(36-19(2)29)22(31)14-13-21(30)12-8-3-4-9-15-28)25(32)27-23(17-35-26(27)33)34-16-20-10-6-5-7-11-20/h5-7,10-11,13-14,18,23-24,28H,3-4,8-9,12,15-17H2,1-2H3/b14-13+/t18-,23?,24-/m0/s1. The number of rotatable bonds is 15. The van der Waals surface area contributed by atoms with Crippen LogP contribution in [0.15, 0.2) is 42.5 Å². The molecule has 1 aliphatic rings. The SMILES string of the molecule is CC(=O)O[C@H](C(=O)/C=C/C(=O)CCCCCCO)[C@H](C)C(=O)N1C(=O)OCC1OCc1ccccc1. The molecule has 1 aliphatic heterocycles. The minimum Gasteiger partial charge on any atom is -0.453 e. The highest BCUT2D eigenvalue weighted by Gasteiger charge is 2.44. The van der Waals surface area contributed by atoms with Gasteiger partial charge >= 0.3 is 12.1 Å². The Hall–Kier alpha value is -3.37. The number of unbranched alkanes of at least 4 members (excludes halogenated alkanes) is 3. The average molecular weight is 504 g/mol. The van der Waals surface area contributed by atoms with E-state index < -0.39 is 42.0 Å². The number of benzene rings is 1. The molecule has 0 aromatic heterocycles. The second-order valence-corrected chi connectivity index (χ2v) is 8.44. The normalized spacial score (nSPS) is 17.0. The number of aliphatic hydroxyl groups is 1. The highest BCUT2D eigenvalue weighted by molar-refractivity contribution is 6.04. The van der Waals surface area contributed by atoms with Crippen LogP contribution in [0.2, 0.25) is 0 Å². The fraction of sp³-hybridized carbons (Fsp3) is 0.500. The fourth-order valence-electron chi connectivity index (χ4n) is 3.58. The Bertz CT molecular complexity index is 944. The number of imide groups is 1. The Morgan fingerprint density at radius 3 is 2.47 bits per heavy atom. The van der Waals surface area contributed by atoms with Gasteiger partial charge < -0.3 is 19.3 Å². The summed E-state index contributed by atoms with van der Waals surface area (Å²) in [4.78, 5) is 62.7. The van der Waals surface area contributed by atoms with Gasteiger partial charge in [-0.3, -0.25) is 19.2 Å². The third-order valence-electron chi connectivity index (χ3n) is 5.54. The number of hydrogen-bond donors (Lipinski definition) is 1. The molecule has 1 unspecified atom stereocenters. The maximum atomic E-state index is 13.2. The molecule has 0 saturated carbocycles. The summed E-state index contributed by atoms with van der Waals surface area (Å²) in [6, 6.07) is 9.14. The van der Waals surface area contributed by atoms with E-state index in [2.05, 4.69) is 0 Å². The van der Waals surface area contributed by atoms with E-state index in [-0.39, 0.29) is 32.0 Å². The Balaban J connectivity index is 2.03. The smallest absolute Gasteiger partial charge is 0.418 e. The Kier molecular flexibility index (Phi) is 11.9. The summed E-state index contributed by atoms with van der Waals surface area (Å²) in [5.74, 6) is -3.89. The van der Waals surface area contributed by atoms with Crippen LogP contribution in [0.25, 0.3) is 0 Å². The summed E-state index contributed by atoms with van der Waals surface area (Å²) < 4.78 is 15.8. The monoisotopic (exact) mass is 503 g/mol. The van der Waals surface area contributed by atoms with Gasteiger partial charge in [0.05, 0.1) is 12.5 Å². The van der Waals surface area contributed by atoms with E-state index in [1.54, 1.807) is 0 Å². The van der Waals surface area contributed by atoms with Gasteiger partial charge in [-0.25, -0.2) is 9.69 Å². The molecule has 2 amide bonds. The topological polar surface area (TPSA) is 137 Å². The molecule has 1 fully saturated rings. The first-order valence-corrected chi connectivity index (χ1v) is 11.9. The molecule has 0 radical (unpaired) electrons. The predicted molar refractivity (Wildman–Crippen MR) is 127 cm³/mol. The first-order valence-electron chi connectivity index (χ1n) is 11.9. The Labute approximate surface area is 210 Å². The highest BCUT2D eigenvalue weighted by Crippen LogP contribution is 2.22. The summed E-state index contributed by atoms with van der Waals surface area (Å²) in [7, 11) is 0. The van der Waals surface area contributed by atoms with Crippen LogP contribution in [0.1, 0.15) is 51.5 Å². The number of cyclic esters (lactones) is 1. The van der Waals surface area contributed by atoms with E-state index in [1.807, 2.05) is 30.3 Å². The van der Waals surface area contributed by atoms with Gasteiger partial charge in [-0.05, 0) is 37.5 Å². The molecule has 1 aromatic carbocycles. The second-order valence-electron chi connectivity index (χ2n) is 8.44. The number of carbonyl (C=O) groups excluding carboxylic acids is 5. The van der Waals surface area contributed by atoms with Crippen LogP contribution < -0.4 is 0 Å². The van der Waals surface area contributed by atoms with Crippen molar-refractivity contribution in [2.75, 3.05) is 13.2 Å². The molecule has 0 aliphatic carbocycles. The Morgan fingerprint density at radius 1 is 1.11 bits per heavy atom. The molecule has 3 atom stereocenters. The highest BCUT2D eigenvalue weighted by atomic mass is 16.6. The molecule has 1 aromatic rings. The lowest BCUT2D eigenvalue weighted by molar-refractivity contribution is -0.160. The van der Waals surface area contributed by atoms with Crippen molar-refractivity contribution in [2.24, 2.45) is 5.92 Å². The zero-order valence-corrected chi connectivity index (χ0v) is 20.6. The fourth-order valence-corrected chi connectivity index (χ4v) is 3.58. The quantitative estimate of drug-likeness (QED) is 0.218. The molecule has 196 valence electrons. The van der Waals surface area contributed by atoms with Gasteiger partial charge in [-0.2, -0.15) is 0 Å². The van der Waals surface area contributed by atoms with Crippen LogP contribution in [-0.4, -0.2) is 65.1 Å². The van der Waals surface area contributed by atoms with Crippen LogP contribution in [0.3, 0.4) is 0 Å². The van der Waals surface area contributed by atoms with Crippen LogP contribution >= 0.6 is 0 Å². The molecule has 1 N–H and O–H groups in total. The van der Waals surface area contributed by atoms with E-state index in [0.717, 1.165) is 42.4 Å². The molecule has 2 rings (SSSR count). The molecule has 10 heteroatoms. The lowest BCUT2D eigenvalue weighted by atomic mass is 9.98. The lowest BCUT2D eigenvalue weighted by Gasteiger charge is -2.26. The second kappa shape index (κ2) is 14.9. The molecular weight excluding hydrogens is 470 g/mol. The van der Waals surface area contributed by atoms with Crippen molar-refractivity contribution in [3.8, 4) is 0 Å². The number of nitrogens with zero attached hydrogens (tertiary/aromatic N) is 1. The van der Waals surface area contributed by atoms with Crippen molar-refractivity contribution in [3.63, 3.8) is 0 Å². The summed E-state index contributed by atoms with van der Waals surface area (Å²) >= 11 is 0. The number of amides is 2. The predicted octanol–water partition coefficient (Wildman–Crippen LogP) is 2.71. The van der Waals surface area contributed by atoms with E-state index in [1.165, 1.54) is 6.92 Å². The minimum absolute atomic E-state index is 0.103. The van der Waals surface area contributed by atoms with Crippen LogP contribution in [0, 0.1) is 5.92 Å². The Morgan fingerprint density at radius 2 is 1.81 bits per heavy atom. The number of aliphatic hydroxyl groups excluding tert-OH is 1. The van der Waals surface area contributed by atoms with E-state index in [9.17, 15) is 24.0 Å². The van der Waals surface area contributed by atoms with E-state index in [0.29, 0.717) is 12.8 Å². The molecule has 1 heterocycles. The van der Waals surface area contributed by atoms with Crippen molar-refractivity contribution in [2.45, 2.75) is 64.9 Å². The molecule has 10 nitrogen and oxygen atoms in total. The van der Waals surface area contributed by atoms with Gasteiger partial charge in [0.2, 0.25) is 5.91 Å². The van der Waals surface area contributed by atoms with Crippen LogP contribution in [-0.2, 0) is 40.0 Å². The molecular formula is C26H33NO9. The van der Waals surface area contributed by atoms with Crippen molar-refractivity contribution in [3.05, 3.63) is 48.0 Å². The zero-order chi connectivity index (χ0) is 26.5. The minimum atomic E-state index is -1.54. The molecule has 0 bridgehead atoms. The summed E-state index contributed by atoms with van der Waals surface area (Å²) in [5.41, 5.74) is 0.827. The number of ketones is 2. The van der Waals surface area contributed by atoms with Gasteiger partial charge in [0.25, 0.3) is 0 Å². The first kappa shape index (κ1) is 28.9. The van der Waals surface area contributed by atoms with Crippen LogP contribution in [0.5, 0.6) is 0 Å². The number of allylic oxidation sites excluding steroid dienone is 1. The van der Waals surface area contributed by atoms with Gasteiger partial charge in [0.15, 0.2) is 23.9 Å². The summed E-state index contributed by atoms with van der Waals surface area (Å²) in [6.45, 7) is 2.49. The van der Waals surface area contributed by atoms with Crippen molar-refractivity contribution < 1.29 is 43.3 Å². The van der Waals surface area contributed by atoms with Crippen molar-refractivity contribution >= 4 is 29.5 Å². The first-order chi connectivity index (χ1) is 17.2. The third kappa shape index (κ3) is 9.01. The average Bonchev–Trinajstić information content (AvgIpc) is 3.24. The maximum Gasteiger partial charge on any atom is 0.418 e. The molecule has 36 heavy (non-hydrogen) atoms. The zero-order valence-electron chi connectivity index (χ0n) is 20.6. The van der Waals surface area contributed by atoms with Gasteiger partial charge in [0, 0.05) is 20.0 Å². The number of hydrogen-bond acceptors (Lipinski definition) is 9.